The van der Waals surface area contributed by atoms with Gasteiger partial charge in [-0.2, -0.15) is 0 Å². The van der Waals surface area contributed by atoms with Crippen LogP contribution < -0.4 is 9.47 Å². The first-order valence-electron chi connectivity index (χ1n) is 5.17. The van der Waals surface area contributed by atoms with Crippen LogP contribution in [0.3, 0.4) is 0 Å². The molecule has 0 bridgehead atoms. The van der Waals surface area contributed by atoms with Gasteiger partial charge in [0.1, 0.15) is 6.61 Å². The monoisotopic (exact) mass is 233 g/mol. The molecule has 1 aromatic carbocycles. The number of hydrogen-bond acceptors (Lipinski definition) is 3. The van der Waals surface area contributed by atoms with Crippen molar-refractivity contribution in [3.05, 3.63) is 54.0 Å². The minimum absolute atomic E-state index is 0.206. The summed E-state index contributed by atoms with van der Waals surface area (Å²) in [6, 6.07) is 11.6. The molecule has 0 aliphatic carbocycles. The van der Waals surface area contributed by atoms with Crippen LogP contribution in [0.1, 0.15) is 5.69 Å². The van der Waals surface area contributed by atoms with E-state index in [1.165, 1.54) is 6.07 Å². The first kappa shape index (κ1) is 11.4. The summed E-state index contributed by atoms with van der Waals surface area (Å²) in [5.41, 5.74) is 0.688. The molecular weight excluding hydrogens is 221 g/mol. The van der Waals surface area contributed by atoms with Crippen molar-refractivity contribution in [1.29, 1.82) is 0 Å². The molecule has 1 heterocycles. The summed E-state index contributed by atoms with van der Waals surface area (Å²) in [6.07, 6.45) is 0. The largest absolute Gasteiger partial charge is 0.484 e. The lowest BCUT2D eigenvalue weighted by molar-refractivity contribution is 0.283. The van der Waals surface area contributed by atoms with Crippen LogP contribution in [0.25, 0.3) is 0 Å². The van der Waals surface area contributed by atoms with Crippen molar-refractivity contribution in [2.24, 2.45) is 0 Å². The number of hydrogen-bond donors (Lipinski definition) is 0. The van der Waals surface area contributed by atoms with Gasteiger partial charge >= 0.3 is 0 Å². The molecule has 2 aromatic rings. The Labute approximate surface area is 98.8 Å². The normalized spacial score (nSPS) is 10.0. The number of halogens is 1. The Kier molecular flexibility index (Phi) is 3.55. The summed E-state index contributed by atoms with van der Waals surface area (Å²) in [5.74, 6) is 0.354. The van der Waals surface area contributed by atoms with E-state index >= 15 is 0 Å². The van der Waals surface area contributed by atoms with Gasteiger partial charge in [0, 0.05) is 6.07 Å². The first-order valence-corrected chi connectivity index (χ1v) is 5.17. The Morgan fingerprint density at radius 2 is 1.94 bits per heavy atom. The van der Waals surface area contributed by atoms with Crippen LogP contribution in [0.4, 0.5) is 4.39 Å². The van der Waals surface area contributed by atoms with Crippen LogP contribution in [0.2, 0.25) is 0 Å². The highest BCUT2D eigenvalue weighted by atomic mass is 19.1. The Balaban J connectivity index is 2.05. The van der Waals surface area contributed by atoms with Crippen LogP contribution in [0.15, 0.2) is 42.5 Å². The van der Waals surface area contributed by atoms with Gasteiger partial charge in [-0.15, -0.1) is 0 Å². The Morgan fingerprint density at radius 1 is 1.12 bits per heavy atom. The molecule has 0 aliphatic heterocycles. The van der Waals surface area contributed by atoms with Gasteiger partial charge in [0.15, 0.2) is 11.6 Å². The van der Waals surface area contributed by atoms with Crippen molar-refractivity contribution >= 4 is 0 Å². The third-order valence-electron chi connectivity index (χ3n) is 2.20. The smallest absolute Gasteiger partial charge is 0.213 e. The Morgan fingerprint density at radius 3 is 2.71 bits per heavy atom. The summed E-state index contributed by atoms with van der Waals surface area (Å²) in [7, 11) is 1.55. The van der Waals surface area contributed by atoms with Gasteiger partial charge in [0.2, 0.25) is 5.88 Å². The molecule has 0 aliphatic rings. The number of nitrogens with zero attached hydrogens (tertiary/aromatic N) is 1. The predicted molar refractivity (Wildman–Crippen MR) is 61.5 cm³/mol. The molecular formula is C13H12FNO2. The highest BCUT2D eigenvalue weighted by Gasteiger charge is 2.03. The molecule has 3 nitrogen and oxygen atoms in total. The molecule has 0 atom stereocenters. The van der Waals surface area contributed by atoms with Gasteiger partial charge < -0.3 is 9.47 Å². The van der Waals surface area contributed by atoms with Crippen molar-refractivity contribution in [1.82, 2.24) is 4.98 Å². The fourth-order valence-electron chi connectivity index (χ4n) is 1.37. The van der Waals surface area contributed by atoms with Gasteiger partial charge in [-0.1, -0.05) is 18.2 Å². The van der Waals surface area contributed by atoms with E-state index in [1.807, 2.05) is 6.07 Å². The Hall–Kier alpha value is -2.10. The van der Waals surface area contributed by atoms with Crippen molar-refractivity contribution < 1.29 is 13.9 Å². The maximum absolute atomic E-state index is 13.3. The summed E-state index contributed by atoms with van der Waals surface area (Å²) >= 11 is 0. The van der Waals surface area contributed by atoms with Gasteiger partial charge in [-0.25, -0.2) is 9.37 Å². The Bertz CT molecular complexity index is 502. The fourth-order valence-corrected chi connectivity index (χ4v) is 1.37. The molecule has 0 unspecified atom stereocenters. The van der Waals surface area contributed by atoms with Crippen molar-refractivity contribution in [2.75, 3.05) is 7.11 Å². The zero-order valence-corrected chi connectivity index (χ0v) is 9.39. The number of aromatic nitrogens is 1. The van der Waals surface area contributed by atoms with E-state index in [1.54, 1.807) is 37.4 Å². The van der Waals surface area contributed by atoms with Crippen molar-refractivity contribution in [3.8, 4) is 11.6 Å². The summed E-state index contributed by atoms with van der Waals surface area (Å²) < 4.78 is 23.6. The van der Waals surface area contributed by atoms with Gasteiger partial charge in [-0.3, -0.25) is 0 Å². The van der Waals surface area contributed by atoms with Crippen molar-refractivity contribution in [3.63, 3.8) is 0 Å². The number of benzene rings is 1. The molecule has 0 saturated carbocycles. The number of ether oxygens (including phenoxy) is 2. The molecule has 17 heavy (non-hydrogen) atoms. The summed E-state index contributed by atoms with van der Waals surface area (Å²) in [4.78, 5) is 4.17. The third kappa shape index (κ3) is 2.93. The lowest BCUT2D eigenvalue weighted by Gasteiger charge is -2.07. The molecule has 0 saturated heterocycles. The van der Waals surface area contributed by atoms with Gasteiger partial charge in [0.25, 0.3) is 0 Å². The molecule has 0 spiro atoms. The second-order valence-electron chi connectivity index (χ2n) is 3.39. The SMILES string of the molecule is COc1cccc(COc2ccccc2F)n1. The molecule has 0 N–H and O–H groups in total. The van der Waals surface area contributed by atoms with E-state index in [0.29, 0.717) is 11.6 Å². The van der Waals surface area contributed by atoms with E-state index in [-0.39, 0.29) is 18.2 Å². The van der Waals surface area contributed by atoms with E-state index in [2.05, 4.69) is 4.98 Å². The molecule has 88 valence electrons. The lowest BCUT2D eigenvalue weighted by Crippen LogP contribution is -2.00. The molecule has 1 aromatic heterocycles. The quantitative estimate of drug-likeness (QED) is 0.813. The average molecular weight is 233 g/mol. The third-order valence-corrected chi connectivity index (χ3v) is 2.20. The second-order valence-corrected chi connectivity index (χ2v) is 3.39. The summed E-state index contributed by atoms with van der Waals surface area (Å²) in [6.45, 7) is 0.206. The molecule has 0 fully saturated rings. The average Bonchev–Trinajstić information content (AvgIpc) is 2.38. The minimum atomic E-state index is -0.379. The maximum atomic E-state index is 13.3. The van der Waals surface area contributed by atoms with E-state index in [0.717, 1.165) is 0 Å². The number of para-hydroxylation sites is 1. The first-order chi connectivity index (χ1) is 8.29. The fraction of sp³-hybridized carbons (Fsp3) is 0.154. The highest BCUT2D eigenvalue weighted by Crippen LogP contribution is 2.17. The predicted octanol–water partition coefficient (Wildman–Crippen LogP) is 2.81. The number of pyridine rings is 1. The molecule has 0 radical (unpaired) electrons. The molecule has 4 heteroatoms. The lowest BCUT2D eigenvalue weighted by atomic mass is 10.3. The summed E-state index contributed by atoms with van der Waals surface area (Å²) in [5, 5.41) is 0. The van der Waals surface area contributed by atoms with E-state index in [9.17, 15) is 4.39 Å². The van der Waals surface area contributed by atoms with Crippen LogP contribution in [-0.4, -0.2) is 12.1 Å². The minimum Gasteiger partial charge on any atom is -0.484 e. The van der Waals surface area contributed by atoms with Crippen molar-refractivity contribution in [2.45, 2.75) is 6.61 Å². The van der Waals surface area contributed by atoms with Crippen LogP contribution in [-0.2, 0) is 6.61 Å². The van der Waals surface area contributed by atoms with E-state index in [4.69, 9.17) is 9.47 Å². The zero-order chi connectivity index (χ0) is 12.1. The molecule has 0 amide bonds. The van der Waals surface area contributed by atoms with Gasteiger partial charge in [0.05, 0.1) is 12.8 Å². The number of rotatable bonds is 4. The van der Waals surface area contributed by atoms with Gasteiger partial charge in [-0.05, 0) is 18.2 Å². The topological polar surface area (TPSA) is 31.4 Å². The molecule has 2 rings (SSSR count). The van der Waals surface area contributed by atoms with Crippen LogP contribution in [0.5, 0.6) is 11.6 Å². The van der Waals surface area contributed by atoms with E-state index < -0.39 is 0 Å². The zero-order valence-electron chi connectivity index (χ0n) is 9.39. The van der Waals surface area contributed by atoms with Crippen LogP contribution >= 0.6 is 0 Å². The maximum Gasteiger partial charge on any atom is 0.213 e. The highest BCUT2D eigenvalue weighted by molar-refractivity contribution is 5.24. The second kappa shape index (κ2) is 5.30. The number of methoxy groups -OCH3 is 1. The van der Waals surface area contributed by atoms with Crippen LogP contribution in [0, 0.1) is 5.82 Å². The standard InChI is InChI=1S/C13H12FNO2/c1-16-13-8-4-5-10(15-13)9-17-12-7-3-2-6-11(12)14/h2-8H,9H2,1H3.